The molecule has 0 fully saturated rings. The molecule has 0 saturated heterocycles. The van der Waals surface area contributed by atoms with Gasteiger partial charge in [0.05, 0.1) is 17.6 Å². The number of hydrogen-bond donors (Lipinski definition) is 1. The molecule has 0 atom stereocenters. The molecule has 2 N–H and O–H groups in total. The third kappa shape index (κ3) is 4.31. The number of hydrogen-bond acceptors (Lipinski definition) is 4. The third-order valence-electron chi connectivity index (χ3n) is 6.04. The monoisotopic (exact) mass is 574 g/mol. The van der Waals surface area contributed by atoms with Crippen LogP contribution in [-0.2, 0) is 13.0 Å². The van der Waals surface area contributed by atoms with Crippen LogP contribution in [0, 0.1) is 17.1 Å². The summed E-state index contributed by atoms with van der Waals surface area (Å²) in [5.74, 6) is 0.0191. The third-order valence-corrected chi connectivity index (χ3v) is 6.76. The molecule has 1 amide bonds. The summed E-state index contributed by atoms with van der Waals surface area (Å²) in [5, 5.41) is 0.623. The van der Waals surface area contributed by atoms with Crippen LogP contribution in [0.4, 0.5) is 5.69 Å². The zero-order chi connectivity index (χ0) is 24.7. The molecule has 35 heavy (non-hydrogen) atoms. The highest BCUT2D eigenvalue weighted by Gasteiger charge is 2.19. The van der Waals surface area contributed by atoms with E-state index >= 15 is 0 Å². The lowest BCUT2D eigenvalue weighted by atomic mass is 10.1. The topological polar surface area (TPSA) is 95.5 Å². The van der Waals surface area contributed by atoms with E-state index in [1.54, 1.807) is 25.1 Å². The van der Waals surface area contributed by atoms with E-state index in [9.17, 15) is 9.59 Å². The van der Waals surface area contributed by atoms with E-state index in [1.807, 2.05) is 18.2 Å². The highest BCUT2D eigenvalue weighted by atomic mass is 127. The Bertz CT molecular complexity index is 1710. The first kappa shape index (κ1) is 22.8. The smallest absolute Gasteiger partial charge is 0.349 e. The van der Waals surface area contributed by atoms with Gasteiger partial charge in [0.25, 0.3) is 5.91 Å². The lowest BCUT2D eigenvalue weighted by Gasteiger charge is -2.11. The van der Waals surface area contributed by atoms with E-state index in [4.69, 9.17) is 21.7 Å². The minimum absolute atomic E-state index is 0.143. The summed E-state index contributed by atoms with van der Waals surface area (Å²) < 4.78 is 8.75. The molecule has 0 spiro atoms. The van der Waals surface area contributed by atoms with Gasteiger partial charge in [-0.25, -0.2) is 14.6 Å². The van der Waals surface area contributed by atoms with Gasteiger partial charge in [0, 0.05) is 28.0 Å². The van der Waals surface area contributed by atoms with Crippen molar-refractivity contribution in [3.8, 4) is 0 Å². The fourth-order valence-electron chi connectivity index (χ4n) is 4.26. The molecule has 172 valence electrons. The highest BCUT2D eigenvalue weighted by molar-refractivity contribution is 14.1. The van der Waals surface area contributed by atoms with Gasteiger partial charge in [0.1, 0.15) is 17.0 Å². The van der Waals surface area contributed by atoms with Crippen LogP contribution in [-0.4, -0.2) is 15.5 Å². The summed E-state index contributed by atoms with van der Waals surface area (Å²) in [6.07, 6.45) is 0.559. The van der Waals surface area contributed by atoms with Crippen LogP contribution in [0.2, 0.25) is 0 Å². The molecular formula is C27H19IN4O3. The van der Waals surface area contributed by atoms with E-state index in [2.05, 4.69) is 56.3 Å². The van der Waals surface area contributed by atoms with Crippen molar-refractivity contribution in [2.24, 2.45) is 5.73 Å². The van der Waals surface area contributed by atoms with E-state index in [0.29, 0.717) is 35.2 Å². The van der Waals surface area contributed by atoms with Gasteiger partial charge in [-0.3, -0.25) is 4.79 Å². The number of aryl methyl sites for hydroxylation is 1. The molecule has 0 aliphatic carbocycles. The van der Waals surface area contributed by atoms with Crippen molar-refractivity contribution in [3.63, 3.8) is 0 Å². The first-order valence-electron chi connectivity index (χ1n) is 10.8. The van der Waals surface area contributed by atoms with Crippen molar-refractivity contribution in [2.45, 2.75) is 19.9 Å². The van der Waals surface area contributed by atoms with Gasteiger partial charge in [-0.15, -0.1) is 0 Å². The Labute approximate surface area is 214 Å². The Balaban J connectivity index is 1.71. The van der Waals surface area contributed by atoms with Crippen molar-refractivity contribution in [1.82, 2.24) is 9.55 Å². The SMILES string of the molecule is [C-]#[N+]c1ccc(Cc2nc3cc4c(C)c(C(N)=O)c(=O)oc4cc3n2Cc2ccc(I)cc2)cc1. The molecule has 0 unspecified atom stereocenters. The van der Waals surface area contributed by atoms with Gasteiger partial charge in [-0.05, 0) is 64.4 Å². The quantitative estimate of drug-likeness (QED) is 0.174. The number of carbonyl (C=O) groups is 1. The Morgan fingerprint density at radius 3 is 2.46 bits per heavy atom. The standard InChI is InChI=1S/C27H19IN4O3/c1-15-20-12-21-22(13-23(20)35-27(34)25(15)26(29)33)32(14-17-3-7-18(28)8-4-17)24(31-21)11-16-5-9-19(30-2)10-6-16/h3-10,12-13H,11,14H2,1H3,(H2,29,33). The van der Waals surface area contributed by atoms with E-state index in [0.717, 1.165) is 31.6 Å². The highest BCUT2D eigenvalue weighted by Crippen LogP contribution is 2.28. The second-order valence-corrected chi connectivity index (χ2v) is 9.53. The fourth-order valence-corrected chi connectivity index (χ4v) is 4.62. The van der Waals surface area contributed by atoms with E-state index < -0.39 is 11.5 Å². The van der Waals surface area contributed by atoms with Gasteiger partial charge in [-0.1, -0.05) is 36.4 Å². The van der Waals surface area contributed by atoms with Gasteiger partial charge in [0.15, 0.2) is 5.69 Å². The molecule has 3 aromatic carbocycles. The Morgan fingerprint density at radius 1 is 1.11 bits per heavy atom. The minimum Gasteiger partial charge on any atom is -0.422 e. The van der Waals surface area contributed by atoms with Crippen LogP contribution in [0.5, 0.6) is 0 Å². The normalized spacial score (nSPS) is 11.1. The van der Waals surface area contributed by atoms with Gasteiger partial charge >= 0.3 is 5.63 Å². The van der Waals surface area contributed by atoms with Crippen LogP contribution >= 0.6 is 22.6 Å². The number of carbonyl (C=O) groups excluding carboxylic acids is 1. The van der Waals surface area contributed by atoms with Gasteiger partial charge < -0.3 is 14.7 Å². The predicted octanol–water partition coefficient (Wildman–Crippen LogP) is 5.34. The Morgan fingerprint density at radius 2 is 1.80 bits per heavy atom. The largest absolute Gasteiger partial charge is 0.422 e. The van der Waals surface area contributed by atoms with Crippen molar-refractivity contribution in [1.29, 1.82) is 0 Å². The summed E-state index contributed by atoms with van der Waals surface area (Å²) in [5.41, 5.74) is 9.65. The first-order valence-corrected chi connectivity index (χ1v) is 11.9. The molecule has 0 aliphatic heterocycles. The number of aromatic nitrogens is 2. The van der Waals surface area contributed by atoms with Gasteiger partial charge in [-0.2, -0.15) is 0 Å². The molecular weight excluding hydrogens is 555 g/mol. The second-order valence-electron chi connectivity index (χ2n) is 8.29. The van der Waals surface area contributed by atoms with Crippen LogP contribution in [0.1, 0.15) is 32.9 Å². The minimum atomic E-state index is -0.814. The first-order chi connectivity index (χ1) is 16.8. The molecule has 0 radical (unpaired) electrons. The van der Waals surface area contributed by atoms with E-state index in [1.165, 1.54) is 0 Å². The summed E-state index contributed by atoms with van der Waals surface area (Å²) in [6.45, 7) is 9.44. The molecule has 7 nitrogen and oxygen atoms in total. The zero-order valence-electron chi connectivity index (χ0n) is 18.7. The number of imidazole rings is 1. The summed E-state index contributed by atoms with van der Waals surface area (Å²) in [4.78, 5) is 32.6. The molecule has 0 aliphatic rings. The van der Waals surface area contributed by atoms with Crippen LogP contribution in [0.3, 0.4) is 0 Å². The van der Waals surface area contributed by atoms with Crippen molar-refractivity contribution in [3.05, 3.63) is 114 Å². The second kappa shape index (κ2) is 9.00. The summed E-state index contributed by atoms with van der Waals surface area (Å²) >= 11 is 2.28. The lowest BCUT2D eigenvalue weighted by molar-refractivity contribution is 0.0996. The fraction of sp³-hybridized carbons (Fsp3) is 0.111. The summed E-state index contributed by atoms with van der Waals surface area (Å²) in [6, 6.07) is 19.4. The van der Waals surface area contributed by atoms with Crippen molar-refractivity contribution in [2.75, 3.05) is 0 Å². The summed E-state index contributed by atoms with van der Waals surface area (Å²) in [7, 11) is 0. The number of nitrogens with two attached hydrogens (primary N) is 1. The van der Waals surface area contributed by atoms with Crippen molar-refractivity contribution >= 4 is 56.2 Å². The number of halogens is 1. The number of rotatable bonds is 5. The zero-order valence-corrected chi connectivity index (χ0v) is 20.9. The number of benzene rings is 3. The predicted molar refractivity (Wildman–Crippen MR) is 143 cm³/mol. The maximum absolute atomic E-state index is 12.4. The Hall–Kier alpha value is -3.97. The molecule has 8 heteroatoms. The number of primary amides is 1. The maximum Gasteiger partial charge on any atom is 0.349 e. The molecule has 5 rings (SSSR count). The van der Waals surface area contributed by atoms with Crippen LogP contribution in [0.15, 0.2) is 69.9 Å². The molecule has 0 bridgehead atoms. The van der Waals surface area contributed by atoms with Crippen molar-refractivity contribution < 1.29 is 9.21 Å². The average Bonchev–Trinajstić information content (AvgIpc) is 3.15. The van der Waals surface area contributed by atoms with E-state index in [-0.39, 0.29) is 5.56 Å². The number of fused-ring (bicyclic) bond motifs is 2. The molecule has 2 heterocycles. The number of nitrogens with zero attached hydrogens (tertiary/aromatic N) is 3. The average molecular weight is 574 g/mol. The van der Waals surface area contributed by atoms with Crippen LogP contribution in [0.25, 0.3) is 26.8 Å². The molecule has 5 aromatic rings. The Kier molecular flexibility index (Phi) is 5.86. The van der Waals surface area contributed by atoms with Gasteiger partial charge in [0.2, 0.25) is 0 Å². The lowest BCUT2D eigenvalue weighted by Crippen LogP contribution is -2.22. The number of amides is 1. The molecule has 2 aromatic heterocycles. The van der Waals surface area contributed by atoms with Crippen LogP contribution < -0.4 is 11.4 Å². The maximum atomic E-state index is 12.4. The molecule has 0 saturated carbocycles.